The SMILES string of the molecule is O=C(C1CCOCC1)N1CCC(Oc2cccnn2)C1. The average molecular weight is 277 g/mol. The fourth-order valence-corrected chi connectivity index (χ4v) is 2.75. The molecule has 6 heteroatoms. The Kier molecular flexibility index (Phi) is 4.11. The average Bonchev–Trinajstić information content (AvgIpc) is 2.97. The van der Waals surface area contributed by atoms with Crippen molar-refractivity contribution in [2.75, 3.05) is 26.3 Å². The number of carbonyl (C=O) groups is 1. The van der Waals surface area contributed by atoms with E-state index in [0.29, 0.717) is 25.6 Å². The number of hydrogen-bond donors (Lipinski definition) is 0. The molecule has 0 spiro atoms. The molecular weight excluding hydrogens is 258 g/mol. The highest BCUT2D eigenvalue weighted by Crippen LogP contribution is 2.22. The Morgan fingerprint density at radius 3 is 2.95 bits per heavy atom. The summed E-state index contributed by atoms with van der Waals surface area (Å²) in [7, 11) is 0. The molecule has 6 nitrogen and oxygen atoms in total. The largest absolute Gasteiger partial charge is 0.471 e. The third kappa shape index (κ3) is 3.07. The first-order valence-corrected chi connectivity index (χ1v) is 7.14. The lowest BCUT2D eigenvalue weighted by Crippen LogP contribution is -2.38. The fourth-order valence-electron chi connectivity index (χ4n) is 2.75. The maximum absolute atomic E-state index is 12.4. The van der Waals surface area contributed by atoms with Gasteiger partial charge in [-0.1, -0.05) is 0 Å². The van der Waals surface area contributed by atoms with E-state index in [1.807, 2.05) is 4.90 Å². The van der Waals surface area contributed by atoms with E-state index in [2.05, 4.69) is 10.2 Å². The van der Waals surface area contributed by atoms with Crippen LogP contribution in [0.25, 0.3) is 0 Å². The van der Waals surface area contributed by atoms with E-state index in [1.54, 1.807) is 18.3 Å². The maximum atomic E-state index is 12.4. The summed E-state index contributed by atoms with van der Waals surface area (Å²) in [5.41, 5.74) is 0. The predicted octanol–water partition coefficient (Wildman–Crippen LogP) is 0.883. The maximum Gasteiger partial charge on any atom is 0.233 e. The number of rotatable bonds is 3. The van der Waals surface area contributed by atoms with Crippen molar-refractivity contribution in [3.63, 3.8) is 0 Å². The molecule has 1 aromatic rings. The third-order valence-corrected chi connectivity index (χ3v) is 3.86. The molecule has 0 radical (unpaired) electrons. The van der Waals surface area contributed by atoms with Gasteiger partial charge >= 0.3 is 0 Å². The van der Waals surface area contributed by atoms with Gasteiger partial charge < -0.3 is 14.4 Å². The molecule has 3 rings (SSSR count). The molecule has 0 N–H and O–H groups in total. The Bertz CT molecular complexity index is 448. The number of aromatic nitrogens is 2. The zero-order valence-electron chi connectivity index (χ0n) is 11.4. The van der Waals surface area contributed by atoms with Crippen LogP contribution in [-0.2, 0) is 9.53 Å². The van der Waals surface area contributed by atoms with Crippen LogP contribution in [0.3, 0.4) is 0 Å². The number of ether oxygens (including phenoxy) is 2. The normalized spacial score (nSPS) is 23.8. The van der Waals surface area contributed by atoms with Crippen LogP contribution in [0.4, 0.5) is 0 Å². The van der Waals surface area contributed by atoms with Gasteiger partial charge in [0.1, 0.15) is 6.10 Å². The van der Waals surface area contributed by atoms with E-state index >= 15 is 0 Å². The lowest BCUT2D eigenvalue weighted by atomic mass is 9.99. The number of amides is 1. The van der Waals surface area contributed by atoms with Gasteiger partial charge in [0.25, 0.3) is 0 Å². The van der Waals surface area contributed by atoms with Crippen molar-refractivity contribution in [2.45, 2.75) is 25.4 Å². The van der Waals surface area contributed by atoms with Crippen molar-refractivity contribution >= 4 is 5.91 Å². The second-order valence-electron chi connectivity index (χ2n) is 5.26. The zero-order chi connectivity index (χ0) is 13.8. The van der Waals surface area contributed by atoms with Gasteiger partial charge in [0.05, 0.1) is 6.54 Å². The van der Waals surface area contributed by atoms with Gasteiger partial charge in [-0.2, -0.15) is 5.10 Å². The minimum Gasteiger partial charge on any atom is -0.471 e. The first-order valence-electron chi connectivity index (χ1n) is 7.14. The van der Waals surface area contributed by atoms with Gasteiger partial charge in [0, 0.05) is 44.4 Å². The summed E-state index contributed by atoms with van der Waals surface area (Å²) in [5.74, 6) is 0.899. The van der Waals surface area contributed by atoms with E-state index in [-0.39, 0.29) is 17.9 Å². The first-order chi connectivity index (χ1) is 9.83. The molecule has 0 aliphatic carbocycles. The summed E-state index contributed by atoms with van der Waals surface area (Å²) in [6.45, 7) is 2.81. The molecule has 20 heavy (non-hydrogen) atoms. The molecule has 0 aromatic carbocycles. The Labute approximate surface area is 118 Å². The standard InChI is InChI=1S/C14H19N3O3/c18-14(11-4-8-19-9-5-11)17-7-3-12(10-17)20-13-2-1-6-15-16-13/h1-2,6,11-12H,3-5,7-10H2. The number of likely N-dealkylation sites (tertiary alicyclic amines) is 1. The van der Waals surface area contributed by atoms with Crippen molar-refractivity contribution < 1.29 is 14.3 Å². The molecule has 2 aliphatic rings. The van der Waals surface area contributed by atoms with Crippen molar-refractivity contribution in [1.82, 2.24) is 15.1 Å². The van der Waals surface area contributed by atoms with Crippen LogP contribution in [0, 0.1) is 5.92 Å². The molecule has 1 aromatic heterocycles. The Morgan fingerprint density at radius 1 is 1.35 bits per heavy atom. The zero-order valence-corrected chi connectivity index (χ0v) is 11.4. The van der Waals surface area contributed by atoms with Gasteiger partial charge in [0.2, 0.25) is 11.8 Å². The summed E-state index contributed by atoms with van der Waals surface area (Å²) in [6.07, 6.45) is 4.17. The third-order valence-electron chi connectivity index (χ3n) is 3.86. The van der Waals surface area contributed by atoms with Crippen molar-refractivity contribution in [3.8, 4) is 5.88 Å². The van der Waals surface area contributed by atoms with E-state index < -0.39 is 0 Å². The van der Waals surface area contributed by atoms with Gasteiger partial charge in [-0.3, -0.25) is 4.79 Å². The summed E-state index contributed by atoms with van der Waals surface area (Å²) < 4.78 is 11.1. The van der Waals surface area contributed by atoms with Crippen LogP contribution in [-0.4, -0.2) is 53.4 Å². The number of nitrogens with zero attached hydrogens (tertiary/aromatic N) is 3. The van der Waals surface area contributed by atoms with Crippen LogP contribution < -0.4 is 4.74 Å². The highest BCUT2D eigenvalue weighted by Gasteiger charge is 2.32. The molecule has 2 fully saturated rings. The number of hydrogen-bond acceptors (Lipinski definition) is 5. The van der Waals surface area contributed by atoms with Crippen LogP contribution in [0.15, 0.2) is 18.3 Å². The van der Waals surface area contributed by atoms with Crippen molar-refractivity contribution in [3.05, 3.63) is 18.3 Å². The van der Waals surface area contributed by atoms with E-state index in [4.69, 9.17) is 9.47 Å². The Balaban J connectivity index is 1.52. The van der Waals surface area contributed by atoms with Crippen LogP contribution in [0.1, 0.15) is 19.3 Å². The number of carbonyl (C=O) groups excluding carboxylic acids is 1. The topological polar surface area (TPSA) is 64.5 Å². The summed E-state index contributed by atoms with van der Waals surface area (Å²) in [4.78, 5) is 14.3. The fraction of sp³-hybridized carbons (Fsp3) is 0.643. The molecule has 1 atom stereocenters. The summed E-state index contributed by atoms with van der Waals surface area (Å²) in [6, 6.07) is 3.58. The molecule has 2 aliphatic heterocycles. The van der Waals surface area contributed by atoms with E-state index in [0.717, 1.165) is 25.8 Å². The van der Waals surface area contributed by atoms with Gasteiger partial charge in [-0.05, 0) is 18.9 Å². The van der Waals surface area contributed by atoms with Crippen molar-refractivity contribution in [2.24, 2.45) is 5.92 Å². The van der Waals surface area contributed by atoms with Crippen molar-refractivity contribution in [1.29, 1.82) is 0 Å². The highest BCUT2D eigenvalue weighted by atomic mass is 16.5. The molecule has 108 valence electrons. The summed E-state index contributed by atoms with van der Waals surface area (Å²) in [5, 5.41) is 7.69. The summed E-state index contributed by atoms with van der Waals surface area (Å²) >= 11 is 0. The lowest BCUT2D eigenvalue weighted by molar-refractivity contribution is -0.137. The minimum absolute atomic E-state index is 0.0236. The molecule has 0 saturated carbocycles. The molecule has 1 amide bonds. The van der Waals surface area contributed by atoms with Gasteiger partial charge in [-0.15, -0.1) is 5.10 Å². The monoisotopic (exact) mass is 277 g/mol. The molecule has 3 heterocycles. The first kappa shape index (κ1) is 13.3. The highest BCUT2D eigenvalue weighted by molar-refractivity contribution is 5.79. The minimum atomic E-state index is 0.0236. The molecular formula is C14H19N3O3. The molecule has 0 bridgehead atoms. The van der Waals surface area contributed by atoms with E-state index in [9.17, 15) is 4.79 Å². The lowest BCUT2D eigenvalue weighted by Gasteiger charge is -2.26. The van der Waals surface area contributed by atoms with E-state index in [1.165, 1.54) is 0 Å². The predicted molar refractivity (Wildman–Crippen MR) is 71.2 cm³/mol. The van der Waals surface area contributed by atoms with Crippen LogP contribution >= 0.6 is 0 Å². The molecule has 2 saturated heterocycles. The smallest absolute Gasteiger partial charge is 0.233 e. The van der Waals surface area contributed by atoms with Gasteiger partial charge in [-0.25, -0.2) is 0 Å². The van der Waals surface area contributed by atoms with Gasteiger partial charge in [0.15, 0.2) is 0 Å². The van der Waals surface area contributed by atoms with Crippen LogP contribution in [0.5, 0.6) is 5.88 Å². The molecule has 1 unspecified atom stereocenters. The van der Waals surface area contributed by atoms with Crippen LogP contribution in [0.2, 0.25) is 0 Å². The second kappa shape index (κ2) is 6.17. The Morgan fingerprint density at radius 2 is 2.20 bits per heavy atom. The quantitative estimate of drug-likeness (QED) is 0.820. The second-order valence-corrected chi connectivity index (χ2v) is 5.26. The Hall–Kier alpha value is -1.69.